The molecule has 0 saturated carbocycles. The molecule has 0 saturated heterocycles. The van der Waals surface area contributed by atoms with Gasteiger partial charge in [-0.25, -0.2) is 4.98 Å². The number of nitrogens with zero attached hydrogens (tertiary/aromatic N) is 2. The van der Waals surface area contributed by atoms with Gasteiger partial charge in [0.15, 0.2) is 0 Å². The first kappa shape index (κ1) is 12.5. The Morgan fingerprint density at radius 2 is 2.06 bits per heavy atom. The molecule has 92 valence electrons. The van der Waals surface area contributed by atoms with E-state index in [2.05, 4.69) is 48.0 Å². The smallest absolute Gasteiger partial charge is 0.108 e. The SMILES string of the molecule is CCCCN(CC)Cc1nc2ccccc2s1. The number of benzene rings is 1. The molecule has 1 aromatic heterocycles. The summed E-state index contributed by atoms with van der Waals surface area (Å²) in [7, 11) is 0. The summed E-state index contributed by atoms with van der Waals surface area (Å²) in [4.78, 5) is 7.16. The van der Waals surface area contributed by atoms with Crippen LogP contribution >= 0.6 is 11.3 Å². The minimum Gasteiger partial charge on any atom is -0.297 e. The number of fused-ring (bicyclic) bond motifs is 1. The monoisotopic (exact) mass is 248 g/mol. The highest BCUT2D eigenvalue weighted by atomic mass is 32.1. The molecule has 0 aliphatic carbocycles. The maximum Gasteiger partial charge on any atom is 0.108 e. The zero-order valence-electron chi connectivity index (χ0n) is 10.6. The van der Waals surface area contributed by atoms with Crippen molar-refractivity contribution in [2.24, 2.45) is 0 Å². The van der Waals surface area contributed by atoms with Gasteiger partial charge in [0, 0.05) is 0 Å². The lowest BCUT2D eigenvalue weighted by Crippen LogP contribution is -2.23. The fraction of sp³-hybridized carbons (Fsp3) is 0.500. The molecule has 0 N–H and O–H groups in total. The molecule has 0 aliphatic rings. The van der Waals surface area contributed by atoms with E-state index in [1.165, 1.54) is 29.1 Å². The van der Waals surface area contributed by atoms with Crippen LogP contribution in [-0.4, -0.2) is 23.0 Å². The molecule has 0 bridgehead atoms. The fourth-order valence-electron chi connectivity index (χ4n) is 1.91. The average Bonchev–Trinajstić information content (AvgIpc) is 2.76. The van der Waals surface area contributed by atoms with Gasteiger partial charge in [0.25, 0.3) is 0 Å². The van der Waals surface area contributed by atoms with Crippen LogP contribution in [-0.2, 0) is 6.54 Å². The molecule has 2 rings (SSSR count). The molecule has 0 radical (unpaired) electrons. The molecular weight excluding hydrogens is 228 g/mol. The van der Waals surface area contributed by atoms with Crippen molar-refractivity contribution in [1.82, 2.24) is 9.88 Å². The van der Waals surface area contributed by atoms with Crippen molar-refractivity contribution in [2.45, 2.75) is 33.2 Å². The van der Waals surface area contributed by atoms with Crippen molar-refractivity contribution in [3.63, 3.8) is 0 Å². The lowest BCUT2D eigenvalue weighted by Gasteiger charge is -2.18. The van der Waals surface area contributed by atoms with Crippen molar-refractivity contribution >= 4 is 21.6 Å². The second kappa shape index (κ2) is 6.12. The Hall–Kier alpha value is -0.930. The first-order valence-corrected chi connectivity index (χ1v) is 7.22. The van der Waals surface area contributed by atoms with Crippen molar-refractivity contribution in [2.75, 3.05) is 13.1 Å². The van der Waals surface area contributed by atoms with E-state index in [9.17, 15) is 0 Å². The topological polar surface area (TPSA) is 16.1 Å². The number of hydrogen-bond acceptors (Lipinski definition) is 3. The largest absolute Gasteiger partial charge is 0.297 e. The number of thiazole rings is 1. The summed E-state index contributed by atoms with van der Waals surface area (Å²) in [6.07, 6.45) is 2.54. The Balaban J connectivity index is 2.06. The Morgan fingerprint density at radius 3 is 2.76 bits per heavy atom. The number of rotatable bonds is 6. The molecule has 0 unspecified atom stereocenters. The molecule has 0 amide bonds. The molecule has 1 heterocycles. The van der Waals surface area contributed by atoms with Crippen molar-refractivity contribution in [3.8, 4) is 0 Å². The predicted molar refractivity (Wildman–Crippen MR) is 75.5 cm³/mol. The third-order valence-electron chi connectivity index (χ3n) is 2.97. The molecule has 0 atom stereocenters. The van der Waals surface area contributed by atoms with E-state index in [1.54, 1.807) is 0 Å². The van der Waals surface area contributed by atoms with Gasteiger partial charge in [-0.05, 0) is 31.6 Å². The summed E-state index contributed by atoms with van der Waals surface area (Å²) in [5.74, 6) is 0. The Labute approximate surface area is 107 Å². The Morgan fingerprint density at radius 1 is 1.24 bits per heavy atom. The van der Waals surface area contributed by atoms with Crippen LogP contribution in [0.3, 0.4) is 0 Å². The van der Waals surface area contributed by atoms with Gasteiger partial charge in [-0.1, -0.05) is 32.4 Å². The summed E-state index contributed by atoms with van der Waals surface area (Å²) in [5, 5.41) is 1.24. The number of hydrogen-bond donors (Lipinski definition) is 0. The molecule has 17 heavy (non-hydrogen) atoms. The molecule has 2 aromatic rings. The van der Waals surface area contributed by atoms with Crippen molar-refractivity contribution in [3.05, 3.63) is 29.3 Å². The minimum atomic E-state index is 0.996. The van der Waals surface area contributed by atoms with Crippen LogP contribution in [0, 0.1) is 0 Å². The lowest BCUT2D eigenvalue weighted by molar-refractivity contribution is 0.275. The highest BCUT2D eigenvalue weighted by molar-refractivity contribution is 7.18. The van der Waals surface area contributed by atoms with Crippen LogP contribution in [0.4, 0.5) is 0 Å². The third kappa shape index (κ3) is 3.27. The van der Waals surface area contributed by atoms with E-state index in [0.717, 1.165) is 18.6 Å². The second-order valence-electron chi connectivity index (χ2n) is 4.30. The minimum absolute atomic E-state index is 0.996. The normalized spacial score (nSPS) is 11.5. The third-order valence-corrected chi connectivity index (χ3v) is 3.99. The van der Waals surface area contributed by atoms with E-state index in [1.807, 2.05) is 11.3 Å². The highest BCUT2D eigenvalue weighted by Gasteiger charge is 2.07. The van der Waals surface area contributed by atoms with Gasteiger partial charge in [0.2, 0.25) is 0 Å². The van der Waals surface area contributed by atoms with Gasteiger partial charge in [0.1, 0.15) is 5.01 Å². The standard InChI is InChI=1S/C14H20N2S/c1-3-5-10-16(4-2)11-14-15-12-8-6-7-9-13(12)17-14/h6-9H,3-5,10-11H2,1-2H3. The van der Waals surface area contributed by atoms with E-state index in [-0.39, 0.29) is 0 Å². The van der Waals surface area contributed by atoms with E-state index in [4.69, 9.17) is 0 Å². The molecular formula is C14H20N2S. The van der Waals surface area contributed by atoms with Gasteiger partial charge < -0.3 is 0 Å². The van der Waals surface area contributed by atoms with Gasteiger partial charge in [-0.3, -0.25) is 4.90 Å². The predicted octanol–water partition coefficient (Wildman–Crippen LogP) is 3.92. The summed E-state index contributed by atoms with van der Waals surface area (Å²) >= 11 is 1.82. The Bertz CT molecular complexity index is 431. The molecule has 3 heteroatoms. The molecule has 0 spiro atoms. The van der Waals surface area contributed by atoms with Crippen molar-refractivity contribution in [1.29, 1.82) is 0 Å². The van der Waals surface area contributed by atoms with E-state index < -0.39 is 0 Å². The van der Waals surface area contributed by atoms with Crippen LogP contribution < -0.4 is 0 Å². The Kier molecular flexibility index (Phi) is 4.51. The van der Waals surface area contributed by atoms with Crippen LogP contribution in [0.2, 0.25) is 0 Å². The average molecular weight is 248 g/mol. The van der Waals surface area contributed by atoms with Gasteiger partial charge in [0.05, 0.1) is 16.8 Å². The maximum atomic E-state index is 4.69. The van der Waals surface area contributed by atoms with Crippen LogP contribution in [0.15, 0.2) is 24.3 Å². The fourth-order valence-corrected chi connectivity index (χ4v) is 2.92. The van der Waals surface area contributed by atoms with Gasteiger partial charge in [-0.2, -0.15) is 0 Å². The molecule has 2 nitrogen and oxygen atoms in total. The van der Waals surface area contributed by atoms with Gasteiger partial charge >= 0.3 is 0 Å². The first-order chi connectivity index (χ1) is 8.33. The molecule has 0 aliphatic heterocycles. The van der Waals surface area contributed by atoms with Crippen molar-refractivity contribution < 1.29 is 0 Å². The second-order valence-corrected chi connectivity index (χ2v) is 5.41. The van der Waals surface area contributed by atoms with E-state index >= 15 is 0 Å². The quantitative estimate of drug-likeness (QED) is 0.770. The van der Waals surface area contributed by atoms with Crippen LogP contribution in [0.5, 0.6) is 0 Å². The zero-order valence-corrected chi connectivity index (χ0v) is 11.5. The zero-order chi connectivity index (χ0) is 12.1. The summed E-state index contributed by atoms with van der Waals surface area (Å²) in [5.41, 5.74) is 1.14. The maximum absolute atomic E-state index is 4.69. The van der Waals surface area contributed by atoms with E-state index in [0.29, 0.717) is 0 Å². The number of para-hydroxylation sites is 1. The summed E-state index contributed by atoms with van der Waals surface area (Å²) in [6, 6.07) is 8.38. The summed E-state index contributed by atoms with van der Waals surface area (Å²) in [6.45, 7) is 7.75. The van der Waals surface area contributed by atoms with Gasteiger partial charge in [-0.15, -0.1) is 11.3 Å². The van der Waals surface area contributed by atoms with Crippen LogP contribution in [0.25, 0.3) is 10.2 Å². The highest BCUT2D eigenvalue weighted by Crippen LogP contribution is 2.22. The van der Waals surface area contributed by atoms with Crippen LogP contribution in [0.1, 0.15) is 31.7 Å². The molecule has 1 aromatic carbocycles. The molecule has 0 fully saturated rings. The lowest BCUT2D eigenvalue weighted by atomic mass is 10.3. The number of aromatic nitrogens is 1. The first-order valence-electron chi connectivity index (χ1n) is 6.40. The summed E-state index contributed by atoms with van der Waals surface area (Å²) < 4.78 is 1.30. The number of unbranched alkanes of at least 4 members (excludes halogenated alkanes) is 1.